The van der Waals surface area contributed by atoms with E-state index in [0.717, 1.165) is 0 Å². The average Bonchev–Trinajstić information content (AvgIpc) is 2.97. The van der Waals surface area contributed by atoms with Crippen LogP contribution in [0.2, 0.25) is 0 Å². The van der Waals surface area contributed by atoms with E-state index in [9.17, 15) is 19.2 Å². The van der Waals surface area contributed by atoms with E-state index in [0.29, 0.717) is 11.1 Å². The van der Waals surface area contributed by atoms with E-state index < -0.39 is 17.6 Å². The van der Waals surface area contributed by atoms with Crippen LogP contribution in [0.5, 0.6) is 0 Å². The molecule has 0 aliphatic heterocycles. The second-order valence-corrected chi connectivity index (χ2v) is 9.48. The fraction of sp³-hybridized carbons (Fsp3) is 0. The van der Waals surface area contributed by atoms with Gasteiger partial charge in [0, 0.05) is 27.8 Å². The van der Waals surface area contributed by atoms with Gasteiger partial charge in [0.2, 0.25) is 0 Å². The van der Waals surface area contributed by atoms with Gasteiger partial charge < -0.3 is 10.6 Å². The Hall–Kier alpha value is -5.06. The Morgan fingerprint density at radius 2 is 1.00 bits per heavy atom. The highest BCUT2D eigenvalue weighted by molar-refractivity contribution is 7.80. The van der Waals surface area contributed by atoms with Crippen LogP contribution in [0.15, 0.2) is 97.1 Å². The van der Waals surface area contributed by atoms with Gasteiger partial charge in [-0.3, -0.25) is 29.8 Å². The zero-order valence-corrected chi connectivity index (χ0v) is 22.3. The fourth-order valence-electron chi connectivity index (χ4n) is 4.25. The van der Waals surface area contributed by atoms with Gasteiger partial charge in [0.15, 0.2) is 21.8 Å². The van der Waals surface area contributed by atoms with Crippen molar-refractivity contribution in [2.24, 2.45) is 0 Å². The standard InChI is InChI=1S/C30H20N4O4S2/c35-25-19-13-7-8-14-20(19)26(36)23-21(25)15-16-22(31-29(39)33-27(37)17-9-3-1-4-10-17)24(23)32-30(40)34-28(38)18-11-5-2-6-12-18/h1-16H,(H2,31,33,37,39)(H2,32,34,38,40). The predicted octanol–water partition coefficient (Wildman–Crippen LogP) is 4.72. The molecule has 8 nitrogen and oxygen atoms in total. The second-order valence-electron chi connectivity index (χ2n) is 8.66. The molecule has 40 heavy (non-hydrogen) atoms. The summed E-state index contributed by atoms with van der Waals surface area (Å²) in [6, 6.07) is 26.5. The fourth-order valence-corrected chi connectivity index (χ4v) is 4.65. The highest BCUT2D eigenvalue weighted by Gasteiger charge is 2.33. The van der Waals surface area contributed by atoms with Crippen LogP contribution < -0.4 is 21.3 Å². The molecule has 4 aromatic rings. The van der Waals surface area contributed by atoms with Crippen LogP contribution >= 0.6 is 24.4 Å². The first-order valence-electron chi connectivity index (χ1n) is 12.0. The molecular weight excluding hydrogens is 544 g/mol. The minimum absolute atomic E-state index is 0.0499. The Bertz CT molecular complexity index is 1710. The molecule has 0 aromatic heterocycles. The third kappa shape index (κ3) is 5.39. The van der Waals surface area contributed by atoms with Crippen molar-refractivity contribution in [1.29, 1.82) is 0 Å². The molecule has 10 heteroatoms. The number of ketones is 2. The quantitative estimate of drug-likeness (QED) is 0.232. The van der Waals surface area contributed by atoms with E-state index in [1.807, 2.05) is 0 Å². The maximum Gasteiger partial charge on any atom is 0.257 e. The summed E-state index contributed by atoms with van der Waals surface area (Å²) in [5.74, 6) is -1.64. The molecule has 0 unspecified atom stereocenters. The number of hydrogen-bond donors (Lipinski definition) is 4. The number of carbonyl (C=O) groups is 4. The summed E-state index contributed by atoms with van der Waals surface area (Å²) in [7, 11) is 0. The molecule has 4 aromatic carbocycles. The van der Waals surface area contributed by atoms with Crippen molar-refractivity contribution in [3.05, 3.63) is 130 Å². The Morgan fingerprint density at radius 3 is 1.55 bits per heavy atom. The predicted molar refractivity (Wildman–Crippen MR) is 160 cm³/mol. The van der Waals surface area contributed by atoms with Crippen LogP contribution in [0.25, 0.3) is 0 Å². The highest BCUT2D eigenvalue weighted by atomic mass is 32.1. The number of fused-ring (bicyclic) bond motifs is 2. The molecule has 0 heterocycles. The lowest BCUT2D eigenvalue weighted by atomic mass is 9.83. The molecule has 1 aliphatic carbocycles. The van der Waals surface area contributed by atoms with Crippen LogP contribution in [-0.4, -0.2) is 33.6 Å². The lowest BCUT2D eigenvalue weighted by Gasteiger charge is -2.24. The summed E-state index contributed by atoms with van der Waals surface area (Å²) < 4.78 is 0. The summed E-state index contributed by atoms with van der Waals surface area (Å²) >= 11 is 10.8. The maximum atomic E-state index is 13.6. The Balaban J connectivity index is 1.48. The Kier molecular flexibility index (Phi) is 7.54. The average molecular weight is 565 g/mol. The lowest BCUT2D eigenvalue weighted by molar-refractivity contribution is 0.0969. The van der Waals surface area contributed by atoms with Crippen LogP contribution in [0.1, 0.15) is 52.6 Å². The molecule has 0 radical (unpaired) electrons. The number of amides is 2. The summed E-state index contributed by atoms with van der Waals surface area (Å²) in [5.41, 5.74) is 1.91. The van der Waals surface area contributed by atoms with Crippen molar-refractivity contribution in [2.75, 3.05) is 10.6 Å². The summed E-state index contributed by atoms with van der Waals surface area (Å²) in [4.78, 5) is 52.2. The second kappa shape index (κ2) is 11.4. The minimum Gasteiger partial charge on any atom is -0.331 e. The topological polar surface area (TPSA) is 116 Å². The summed E-state index contributed by atoms with van der Waals surface area (Å²) in [6.07, 6.45) is 0. The number of rotatable bonds is 4. The van der Waals surface area contributed by atoms with Crippen LogP contribution in [0, 0.1) is 0 Å². The molecule has 196 valence electrons. The first kappa shape index (κ1) is 26.5. The smallest absolute Gasteiger partial charge is 0.257 e. The van der Waals surface area contributed by atoms with Gasteiger partial charge in [-0.15, -0.1) is 0 Å². The van der Waals surface area contributed by atoms with Crippen molar-refractivity contribution < 1.29 is 19.2 Å². The van der Waals surface area contributed by atoms with Gasteiger partial charge in [0.05, 0.1) is 16.9 Å². The number of carbonyl (C=O) groups excluding carboxylic acids is 4. The van der Waals surface area contributed by atoms with E-state index in [-0.39, 0.29) is 49.6 Å². The van der Waals surface area contributed by atoms with Gasteiger partial charge in [-0.1, -0.05) is 60.7 Å². The highest BCUT2D eigenvalue weighted by Crippen LogP contribution is 2.36. The normalized spacial score (nSPS) is 11.5. The Labute approximate surface area is 239 Å². The van der Waals surface area contributed by atoms with Gasteiger partial charge >= 0.3 is 0 Å². The Morgan fingerprint density at radius 1 is 0.525 bits per heavy atom. The third-order valence-electron chi connectivity index (χ3n) is 6.11. The molecule has 2 amide bonds. The molecule has 0 atom stereocenters. The summed E-state index contributed by atoms with van der Waals surface area (Å²) in [5, 5.41) is 10.8. The van der Waals surface area contributed by atoms with Crippen LogP contribution in [0.3, 0.4) is 0 Å². The van der Waals surface area contributed by atoms with Crippen molar-refractivity contribution >= 4 is 69.4 Å². The monoisotopic (exact) mass is 564 g/mol. The van der Waals surface area contributed by atoms with Crippen molar-refractivity contribution in [2.45, 2.75) is 0 Å². The molecule has 0 saturated carbocycles. The SMILES string of the molecule is O=C(NC(=S)Nc1ccc2c(c1NC(=S)NC(=O)c1ccccc1)C(=O)c1ccccc1C2=O)c1ccccc1. The van der Waals surface area contributed by atoms with Crippen molar-refractivity contribution in [3.8, 4) is 0 Å². The van der Waals surface area contributed by atoms with E-state index in [1.165, 1.54) is 6.07 Å². The number of benzene rings is 4. The molecule has 5 rings (SSSR count). The third-order valence-corrected chi connectivity index (χ3v) is 6.51. The molecule has 0 saturated heterocycles. The van der Waals surface area contributed by atoms with E-state index in [1.54, 1.807) is 91.0 Å². The van der Waals surface area contributed by atoms with E-state index >= 15 is 0 Å². The maximum absolute atomic E-state index is 13.6. The zero-order chi connectivity index (χ0) is 28.2. The van der Waals surface area contributed by atoms with E-state index in [2.05, 4.69) is 21.3 Å². The number of hydrogen-bond acceptors (Lipinski definition) is 6. The lowest BCUT2D eigenvalue weighted by Crippen LogP contribution is -2.37. The van der Waals surface area contributed by atoms with Gasteiger partial charge in [-0.05, 0) is 60.8 Å². The first-order valence-corrected chi connectivity index (χ1v) is 12.9. The zero-order valence-electron chi connectivity index (χ0n) is 20.7. The number of anilines is 2. The van der Waals surface area contributed by atoms with Gasteiger partial charge in [-0.25, -0.2) is 0 Å². The number of nitrogens with one attached hydrogen (secondary N) is 4. The molecule has 0 bridgehead atoms. The first-order chi connectivity index (χ1) is 19.3. The molecule has 4 N–H and O–H groups in total. The summed E-state index contributed by atoms with van der Waals surface area (Å²) in [6.45, 7) is 0. The van der Waals surface area contributed by atoms with Gasteiger partial charge in [-0.2, -0.15) is 0 Å². The molecule has 0 fully saturated rings. The van der Waals surface area contributed by atoms with Crippen LogP contribution in [0.4, 0.5) is 11.4 Å². The van der Waals surface area contributed by atoms with Gasteiger partial charge in [0.1, 0.15) is 0 Å². The molecular formula is C30H20N4O4S2. The van der Waals surface area contributed by atoms with E-state index in [4.69, 9.17) is 24.4 Å². The molecule has 0 spiro atoms. The van der Waals surface area contributed by atoms with Crippen molar-refractivity contribution in [3.63, 3.8) is 0 Å². The van der Waals surface area contributed by atoms with Crippen LogP contribution in [-0.2, 0) is 0 Å². The minimum atomic E-state index is -0.462. The largest absolute Gasteiger partial charge is 0.331 e. The van der Waals surface area contributed by atoms with Gasteiger partial charge in [0.25, 0.3) is 11.8 Å². The number of thiocarbonyl (C=S) groups is 2. The van der Waals surface area contributed by atoms with Crippen molar-refractivity contribution in [1.82, 2.24) is 10.6 Å². The molecule has 1 aliphatic rings.